The molecule has 0 unspecified atom stereocenters. The summed E-state index contributed by atoms with van der Waals surface area (Å²) in [5.74, 6) is -0.468. The number of ether oxygens (including phenoxy) is 1. The molecule has 2 aliphatic rings. The summed E-state index contributed by atoms with van der Waals surface area (Å²) in [6, 6.07) is 13.6. The predicted molar refractivity (Wildman–Crippen MR) is 163 cm³/mol. The summed E-state index contributed by atoms with van der Waals surface area (Å²) in [6.45, 7) is 16.0. The first-order valence-electron chi connectivity index (χ1n) is 14.7. The van der Waals surface area contributed by atoms with Crippen molar-refractivity contribution in [3.63, 3.8) is 0 Å². The summed E-state index contributed by atoms with van der Waals surface area (Å²) in [5, 5.41) is 3.03. The van der Waals surface area contributed by atoms with Crippen LogP contribution in [0.1, 0.15) is 64.3 Å². The zero-order valence-corrected chi connectivity index (χ0v) is 26.6. The molecule has 0 saturated carbocycles. The molecule has 2 heterocycles. The zero-order chi connectivity index (χ0) is 30.8. The average Bonchev–Trinajstić information content (AvgIpc) is 2.93. The Morgan fingerprint density at radius 3 is 2.21 bits per heavy atom. The molecule has 9 nitrogen and oxygen atoms in total. The number of hydrogen-bond acceptors (Lipinski definition) is 6. The maximum absolute atomic E-state index is 13.5. The van der Waals surface area contributed by atoms with Gasteiger partial charge in [0.1, 0.15) is 0 Å². The molecule has 0 bridgehead atoms. The molecule has 4 rings (SSSR count). The smallest absolute Gasteiger partial charge is 0.338 e. The van der Waals surface area contributed by atoms with E-state index in [0.29, 0.717) is 44.0 Å². The highest BCUT2D eigenvalue weighted by atomic mass is 32.2. The molecule has 2 aliphatic heterocycles. The molecular weight excluding hydrogens is 552 g/mol. The van der Waals surface area contributed by atoms with Crippen LogP contribution in [0.3, 0.4) is 0 Å². The van der Waals surface area contributed by atoms with E-state index in [1.807, 2.05) is 45.0 Å². The second-order valence-corrected chi connectivity index (χ2v) is 14.0. The van der Waals surface area contributed by atoms with Crippen LogP contribution in [0.5, 0.6) is 0 Å². The van der Waals surface area contributed by atoms with Crippen molar-refractivity contribution >= 4 is 22.0 Å². The summed E-state index contributed by atoms with van der Waals surface area (Å²) in [4.78, 5) is 30.8. The number of piperazine rings is 1. The number of nitrogens with zero attached hydrogens (tertiary/aromatic N) is 3. The lowest BCUT2D eigenvalue weighted by Crippen LogP contribution is -2.56. The average molecular weight is 597 g/mol. The Kier molecular flexibility index (Phi) is 9.49. The number of esters is 1. The van der Waals surface area contributed by atoms with Crippen LogP contribution in [0.15, 0.2) is 64.7 Å². The van der Waals surface area contributed by atoms with Gasteiger partial charge < -0.3 is 10.1 Å². The maximum Gasteiger partial charge on any atom is 0.338 e. The van der Waals surface area contributed by atoms with Gasteiger partial charge in [-0.05, 0) is 56.4 Å². The first kappa shape index (κ1) is 31.7. The SMILES string of the molecule is CCOC(=O)C1=C(CN2CCN(S(=O)(=O)c3ccc(C)cc3)[C@H](C)C2)N(CC)C(=O)N[C@@H]1c1ccc(C(C)(C)C)cc1. The van der Waals surface area contributed by atoms with Gasteiger partial charge in [-0.15, -0.1) is 0 Å². The fourth-order valence-corrected chi connectivity index (χ4v) is 7.27. The van der Waals surface area contributed by atoms with E-state index in [0.717, 1.165) is 16.7 Å². The fraction of sp³-hybridized carbons (Fsp3) is 0.500. The standard InChI is InChI=1S/C32H44N4O5S/c1-8-35-27(21-34-18-19-36(23(4)20-34)42(39,40)26-16-10-22(3)11-17-26)28(30(37)41-9-2)29(33-31(35)38)24-12-14-25(15-13-24)32(5,6)7/h10-17,23,29H,8-9,18-21H2,1-7H3,(H,33,38)/t23-,29-/m1/s1. The van der Waals surface area contributed by atoms with Gasteiger partial charge in [-0.3, -0.25) is 9.80 Å². The van der Waals surface area contributed by atoms with E-state index in [2.05, 4.69) is 31.0 Å². The molecule has 10 heteroatoms. The number of sulfonamides is 1. The lowest BCUT2D eigenvalue weighted by molar-refractivity contribution is -0.139. The van der Waals surface area contributed by atoms with Crippen LogP contribution in [0.4, 0.5) is 4.79 Å². The Morgan fingerprint density at radius 2 is 1.67 bits per heavy atom. The number of urea groups is 1. The third-order valence-electron chi connectivity index (χ3n) is 8.01. The van der Waals surface area contributed by atoms with Gasteiger partial charge in [0.25, 0.3) is 0 Å². The molecule has 0 aliphatic carbocycles. The first-order chi connectivity index (χ1) is 19.8. The quantitative estimate of drug-likeness (QED) is 0.448. The van der Waals surface area contributed by atoms with E-state index in [4.69, 9.17) is 4.74 Å². The molecule has 2 aromatic carbocycles. The van der Waals surface area contributed by atoms with E-state index in [-0.39, 0.29) is 29.0 Å². The second-order valence-electron chi connectivity index (χ2n) is 12.1. The van der Waals surface area contributed by atoms with Gasteiger partial charge in [0.15, 0.2) is 0 Å². The molecule has 228 valence electrons. The van der Waals surface area contributed by atoms with Gasteiger partial charge in [-0.25, -0.2) is 18.0 Å². The first-order valence-corrected chi connectivity index (χ1v) is 16.1. The van der Waals surface area contributed by atoms with Crippen LogP contribution in [-0.2, 0) is 25.0 Å². The number of hydrogen-bond donors (Lipinski definition) is 1. The van der Waals surface area contributed by atoms with Crippen molar-refractivity contribution < 1.29 is 22.7 Å². The Labute approximate surface area is 250 Å². The summed E-state index contributed by atoms with van der Waals surface area (Å²) in [6.07, 6.45) is 0. The molecule has 1 fully saturated rings. The van der Waals surface area contributed by atoms with Crippen molar-refractivity contribution in [3.8, 4) is 0 Å². The van der Waals surface area contributed by atoms with Crippen LogP contribution in [0.2, 0.25) is 0 Å². The van der Waals surface area contributed by atoms with Crippen molar-refractivity contribution in [3.05, 3.63) is 76.5 Å². The van der Waals surface area contributed by atoms with Crippen molar-refractivity contribution in [2.75, 3.05) is 39.3 Å². The third kappa shape index (κ3) is 6.55. The molecule has 42 heavy (non-hydrogen) atoms. The van der Waals surface area contributed by atoms with Crippen molar-refractivity contribution in [2.24, 2.45) is 0 Å². The number of rotatable bonds is 8. The molecule has 1 N–H and O–H groups in total. The lowest BCUT2D eigenvalue weighted by atomic mass is 9.85. The Hall–Kier alpha value is -3.21. The Bertz CT molecular complexity index is 1430. The van der Waals surface area contributed by atoms with Gasteiger partial charge in [-0.1, -0.05) is 62.7 Å². The number of aryl methyl sites for hydroxylation is 1. The monoisotopic (exact) mass is 596 g/mol. The topological polar surface area (TPSA) is 99.3 Å². The minimum atomic E-state index is -3.65. The fourth-order valence-electron chi connectivity index (χ4n) is 5.66. The minimum absolute atomic E-state index is 0.0376. The minimum Gasteiger partial charge on any atom is -0.463 e. The molecule has 0 radical (unpaired) electrons. The largest absolute Gasteiger partial charge is 0.463 e. The summed E-state index contributed by atoms with van der Waals surface area (Å²) in [5.41, 5.74) is 3.91. The van der Waals surface area contributed by atoms with Crippen LogP contribution >= 0.6 is 0 Å². The van der Waals surface area contributed by atoms with Crippen LogP contribution < -0.4 is 5.32 Å². The summed E-state index contributed by atoms with van der Waals surface area (Å²) < 4.78 is 33.9. The van der Waals surface area contributed by atoms with Crippen molar-refractivity contribution in [2.45, 2.75) is 70.9 Å². The number of likely N-dealkylation sites (N-methyl/N-ethyl adjacent to an activating group) is 1. The number of carbonyl (C=O) groups excluding carboxylic acids is 2. The Morgan fingerprint density at radius 1 is 1.02 bits per heavy atom. The molecule has 2 aromatic rings. The van der Waals surface area contributed by atoms with E-state index < -0.39 is 22.0 Å². The van der Waals surface area contributed by atoms with Crippen LogP contribution in [-0.4, -0.2) is 79.9 Å². The number of benzene rings is 2. The Balaban J connectivity index is 1.66. The number of amides is 2. The summed E-state index contributed by atoms with van der Waals surface area (Å²) >= 11 is 0. The van der Waals surface area contributed by atoms with Gasteiger partial charge in [0.2, 0.25) is 10.0 Å². The van der Waals surface area contributed by atoms with Gasteiger partial charge in [0, 0.05) is 44.5 Å². The second kappa shape index (κ2) is 12.6. The molecular formula is C32H44N4O5S. The van der Waals surface area contributed by atoms with E-state index in [9.17, 15) is 18.0 Å². The van der Waals surface area contributed by atoms with Crippen LogP contribution in [0.25, 0.3) is 0 Å². The number of nitrogens with one attached hydrogen (secondary N) is 1. The van der Waals surface area contributed by atoms with Gasteiger partial charge >= 0.3 is 12.0 Å². The highest BCUT2D eigenvalue weighted by Crippen LogP contribution is 2.34. The molecule has 0 spiro atoms. The molecule has 1 saturated heterocycles. The van der Waals surface area contributed by atoms with Crippen molar-refractivity contribution in [1.82, 2.24) is 19.4 Å². The normalized spacial score (nSPS) is 20.9. The van der Waals surface area contributed by atoms with E-state index in [1.165, 1.54) is 0 Å². The summed E-state index contributed by atoms with van der Waals surface area (Å²) in [7, 11) is -3.65. The molecule has 0 aromatic heterocycles. The molecule has 2 amide bonds. The van der Waals surface area contributed by atoms with E-state index >= 15 is 0 Å². The maximum atomic E-state index is 13.5. The van der Waals surface area contributed by atoms with Gasteiger partial charge in [-0.2, -0.15) is 4.31 Å². The highest BCUT2D eigenvalue weighted by Gasteiger charge is 2.40. The highest BCUT2D eigenvalue weighted by molar-refractivity contribution is 7.89. The number of carbonyl (C=O) groups is 2. The van der Waals surface area contributed by atoms with Crippen molar-refractivity contribution in [1.29, 1.82) is 0 Å². The predicted octanol–water partition coefficient (Wildman–Crippen LogP) is 4.59. The molecule has 2 atom stereocenters. The third-order valence-corrected chi connectivity index (χ3v) is 10.0. The zero-order valence-electron chi connectivity index (χ0n) is 25.8. The lowest BCUT2D eigenvalue weighted by Gasteiger charge is -2.42. The van der Waals surface area contributed by atoms with E-state index in [1.54, 1.807) is 40.4 Å². The van der Waals surface area contributed by atoms with Crippen LogP contribution in [0, 0.1) is 6.92 Å². The van der Waals surface area contributed by atoms with Gasteiger partial charge in [0.05, 0.1) is 23.1 Å².